The molecule has 3 aromatic heterocycles. The molecule has 0 amide bonds. The lowest BCUT2D eigenvalue weighted by Gasteiger charge is -2.32. The Hall–Kier alpha value is -2.63. The summed E-state index contributed by atoms with van der Waals surface area (Å²) >= 11 is 0. The molecule has 6 nitrogen and oxygen atoms in total. The zero-order valence-electron chi connectivity index (χ0n) is 13.1. The summed E-state index contributed by atoms with van der Waals surface area (Å²) in [6, 6.07) is 5.92. The SMILES string of the molecule is COc1ccnc(N2CCC(c3c[nH]c4ncccc34)CC2)n1. The van der Waals surface area contributed by atoms with Crippen LogP contribution in [0.3, 0.4) is 0 Å². The molecule has 118 valence electrons. The fourth-order valence-corrected chi connectivity index (χ4v) is 3.30. The summed E-state index contributed by atoms with van der Waals surface area (Å²) in [5, 5.41) is 1.24. The molecule has 0 atom stereocenters. The van der Waals surface area contributed by atoms with Crippen LogP contribution in [0.25, 0.3) is 11.0 Å². The van der Waals surface area contributed by atoms with Gasteiger partial charge in [0.15, 0.2) is 0 Å². The van der Waals surface area contributed by atoms with Gasteiger partial charge in [-0.1, -0.05) is 0 Å². The molecule has 0 aliphatic carbocycles. The van der Waals surface area contributed by atoms with Gasteiger partial charge in [0.1, 0.15) is 5.65 Å². The first-order valence-electron chi connectivity index (χ1n) is 7.89. The summed E-state index contributed by atoms with van der Waals surface area (Å²) in [6.07, 6.45) is 7.86. The molecule has 23 heavy (non-hydrogen) atoms. The van der Waals surface area contributed by atoms with E-state index in [1.54, 1.807) is 19.4 Å². The normalized spacial score (nSPS) is 16.0. The number of H-pyrrole nitrogens is 1. The molecular formula is C17H19N5O. The second kappa shape index (κ2) is 5.87. The Morgan fingerprint density at radius 2 is 2.04 bits per heavy atom. The number of nitrogens with zero attached hydrogens (tertiary/aromatic N) is 4. The molecule has 0 radical (unpaired) electrons. The van der Waals surface area contributed by atoms with Gasteiger partial charge in [-0.3, -0.25) is 0 Å². The van der Waals surface area contributed by atoms with Crippen LogP contribution in [0.5, 0.6) is 5.88 Å². The van der Waals surface area contributed by atoms with E-state index < -0.39 is 0 Å². The van der Waals surface area contributed by atoms with Gasteiger partial charge in [-0.25, -0.2) is 9.97 Å². The van der Waals surface area contributed by atoms with Crippen molar-refractivity contribution in [2.24, 2.45) is 0 Å². The highest BCUT2D eigenvalue weighted by atomic mass is 16.5. The number of hydrogen-bond acceptors (Lipinski definition) is 5. The molecule has 0 bridgehead atoms. The average Bonchev–Trinajstić information content (AvgIpc) is 3.06. The summed E-state index contributed by atoms with van der Waals surface area (Å²) in [5.41, 5.74) is 2.35. The number of nitrogens with one attached hydrogen (secondary N) is 1. The van der Waals surface area contributed by atoms with E-state index in [1.165, 1.54) is 10.9 Å². The number of aromatic nitrogens is 4. The van der Waals surface area contributed by atoms with E-state index in [0.29, 0.717) is 11.8 Å². The van der Waals surface area contributed by atoms with Gasteiger partial charge >= 0.3 is 0 Å². The van der Waals surface area contributed by atoms with Crippen LogP contribution in [0.1, 0.15) is 24.3 Å². The maximum absolute atomic E-state index is 5.19. The first-order chi connectivity index (χ1) is 11.3. The molecule has 0 unspecified atom stereocenters. The molecule has 0 saturated carbocycles. The first kappa shape index (κ1) is 14.0. The second-order valence-electron chi connectivity index (χ2n) is 5.80. The number of rotatable bonds is 3. The smallest absolute Gasteiger partial charge is 0.228 e. The topological polar surface area (TPSA) is 66.9 Å². The Labute approximate surface area is 134 Å². The molecule has 1 aliphatic rings. The van der Waals surface area contributed by atoms with E-state index in [4.69, 9.17) is 4.74 Å². The third-order valence-electron chi connectivity index (χ3n) is 4.53. The number of ether oxygens (including phenoxy) is 1. The molecule has 3 aromatic rings. The molecule has 1 saturated heterocycles. The van der Waals surface area contributed by atoms with E-state index in [0.717, 1.165) is 37.5 Å². The Kier molecular flexibility index (Phi) is 3.57. The Morgan fingerprint density at radius 3 is 2.87 bits per heavy atom. The molecule has 4 heterocycles. The van der Waals surface area contributed by atoms with Crippen LogP contribution in [0, 0.1) is 0 Å². The highest BCUT2D eigenvalue weighted by molar-refractivity contribution is 5.80. The van der Waals surface area contributed by atoms with Gasteiger partial charge in [0.05, 0.1) is 7.11 Å². The average molecular weight is 309 g/mol. The summed E-state index contributed by atoms with van der Waals surface area (Å²) < 4.78 is 5.19. The van der Waals surface area contributed by atoms with Gasteiger partial charge in [0.2, 0.25) is 11.8 Å². The van der Waals surface area contributed by atoms with Gasteiger partial charge in [0, 0.05) is 43.1 Å². The fourth-order valence-electron chi connectivity index (χ4n) is 3.30. The van der Waals surface area contributed by atoms with Crippen LogP contribution >= 0.6 is 0 Å². The van der Waals surface area contributed by atoms with Crippen LogP contribution in [-0.4, -0.2) is 40.1 Å². The minimum Gasteiger partial charge on any atom is -0.481 e. The number of fused-ring (bicyclic) bond motifs is 1. The Morgan fingerprint density at radius 1 is 1.17 bits per heavy atom. The fraction of sp³-hybridized carbons (Fsp3) is 0.353. The Balaban J connectivity index is 1.50. The standard InChI is InChI=1S/C17H19N5O/c1-23-15-4-8-19-17(21-15)22-9-5-12(6-10-22)14-11-20-16-13(14)3-2-7-18-16/h2-4,7-8,11-12H,5-6,9-10H2,1H3,(H,18,20). The van der Waals surface area contributed by atoms with Crippen molar-refractivity contribution in [1.29, 1.82) is 0 Å². The lowest BCUT2D eigenvalue weighted by atomic mass is 9.89. The molecule has 1 aliphatic heterocycles. The molecule has 1 N–H and O–H groups in total. The summed E-state index contributed by atoms with van der Waals surface area (Å²) in [5.74, 6) is 1.91. The Bertz CT molecular complexity index is 807. The third kappa shape index (κ3) is 2.60. The number of piperidine rings is 1. The molecule has 4 rings (SSSR count). The van der Waals surface area contributed by atoms with Crippen molar-refractivity contribution >= 4 is 17.0 Å². The van der Waals surface area contributed by atoms with Gasteiger partial charge in [0.25, 0.3) is 0 Å². The highest BCUT2D eigenvalue weighted by Crippen LogP contribution is 2.33. The van der Waals surface area contributed by atoms with Gasteiger partial charge < -0.3 is 14.6 Å². The van der Waals surface area contributed by atoms with E-state index in [-0.39, 0.29) is 0 Å². The largest absolute Gasteiger partial charge is 0.481 e. The van der Waals surface area contributed by atoms with Gasteiger partial charge in [-0.2, -0.15) is 4.98 Å². The van der Waals surface area contributed by atoms with Crippen molar-refractivity contribution < 1.29 is 4.74 Å². The zero-order valence-corrected chi connectivity index (χ0v) is 13.1. The molecule has 0 aromatic carbocycles. The monoisotopic (exact) mass is 309 g/mol. The quantitative estimate of drug-likeness (QED) is 0.806. The van der Waals surface area contributed by atoms with Crippen molar-refractivity contribution in [3.63, 3.8) is 0 Å². The first-order valence-corrected chi connectivity index (χ1v) is 7.89. The van der Waals surface area contributed by atoms with Crippen molar-refractivity contribution in [2.75, 3.05) is 25.1 Å². The van der Waals surface area contributed by atoms with E-state index in [1.807, 2.05) is 12.3 Å². The second-order valence-corrected chi connectivity index (χ2v) is 5.80. The highest BCUT2D eigenvalue weighted by Gasteiger charge is 2.24. The summed E-state index contributed by atoms with van der Waals surface area (Å²) in [4.78, 5) is 18.7. The van der Waals surface area contributed by atoms with Gasteiger partial charge in [-0.05, 0) is 36.5 Å². The number of aromatic amines is 1. The maximum Gasteiger partial charge on any atom is 0.228 e. The van der Waals surface area contributed by atoms with E-state index in [9.17, 15) is 0 Å². The maximum atomic E-state index is 5.19. The van der Waals surface area contributed by atoms with Crippen LogP contribution in [-0.2, 0) is 0 Å². The minimum atomic E-state index is 0.551. The summed E-state index contributed by atoms with van der Waals surface area (Å²) in [7, 11) is 1.63. The van der Waals surface area contributed by atoms with Crippen LogP contribution < -0.4 is 9.64 Å². The van der Waals surface area contributed by atoms with E-state index >= 15 is 0 Å². The third-order valence-corrected chi connectivity index (χ3v) is 4.53. The molecule has 1 fully saturated rings. The van der Waals surface area contributed by atoms with Crippen molar-refractivity contribution in [3.05, 3.63) is 42.4 Å². The van der Waals surface area contributed by atoms with Crippen LogP contribution in [0.15, 0.2) is 36.8 Å². The minimum absolute atomic E-state index is 0.551. The molecular weight excluding hydrogens is 290 g/mol. The zero-order chi connectivity index (χ0) is 15.6. The van der Waals surface area contributed by atoms with Gasteiger partial charge in [-0.15, -0.1) is 0 Å². The van der Waals surface area contributed by atoms with Crippen LogP contribution in [0.4, 0.5) is 5.95 Å². The number of hydrogen-bond donors (Lipinski definition) is 1. The molecule has 6 heteroatoms. The van der Waals surface area contributed by atoms with Crippen molar-refractivity contribution in [2.45, 2.75) is 18.8 Å². The number of anilines is 1. The predicted molar refractivity (Wildman–Crippen MR) is 88.9 cm³/mol. The van der Waals surface area contributed by atoms with Crippen LogP contribution in [0.2, 0.25) is 0 Å². The number of pyridine rings is 1. The molecule has 0 spiro atoms. The lowest BCUT2D eigenvalue weighted by molar-refractivity contribution is 0.395. The van der Waals surface area contributed by atoms with E-state index in [2.05, 4.69) is 37.1 Å². The van der Waals surface area contributed by atoms with Crippen molar-refractivity contribution in [3.8, 4) is 5.88 Å². The predicted octanol–water partition coefficient (Wildman–Crippen LogP) is 2.75. The van der Waals surface area contributed by atoms with Crippen molar-refractivity contribution in [1.82, 2.24) is 19.9 Å². The summed E-state index contributed by atoms with van der Waals surface area (Å²) in [6.45, 7) is 1.90. The number of methoxy groups -OCH3 is 1. The lowest BCUT2D eigenvalue weighted by Crippen LogP contribution is -2.34.